The maximum absolute atomic E-state index is 9.23. The van der Waals surface area contributed by atoms with E-state index in [1.165, 1.54) is 24.0 Å². The molecule has 1 nitrogen and oxygen atoms in total. The molecule has 0 fully saturated rings. The topological polar surface area (TPSA) is 23.8 Å². The van der Waals surface area contributed by atoms with Gasteiger partial charge in [0, 0.05) is 0 Å². The summed E-state index contributed by atoms with van der Waals surface area (Å²) in [5.41, 5.74) is 3.56. The van der Waals surface area contributed by atoms with Crippen molar-refractivity contribution >= 4 is 0 Å². The van der Waals surface area contributed by atoms with Crippen LogP contribution in [0.15, 0.2) is 18.2 Å². The normalized spacial score (nSPS) is 9.87. The summed E-state index contributed by atoms with van der Waals surface area (Å²) < 4.78 is 0. The molecule has 0 aromatic heterocycles. The summed E-state index contributed by atoms with van der Waals surface area (Å²) in [6.45, 7) is 17.2. The van der Waals surface area contributed by atoms with Crippen LogP contribution in [0.4, 0.5) is 0 Å². The number of nitriles is 1. The molecule has 1 aromatic rings. The van der Waals surface area contributed by atoms with Crippen LogP contribution in [0.3, 0.4) is 0 Å². The van der Waals surface area contributed by atoms with Crippen molar-refractivity contribution < 1.29 is 0 Å². The Balaban J connectivity index is 0. The van der Waals surface area contributed by atoms with Crippen molar-refractivity contribution in [2.75, 3.05) is 0 Å². The number of hydrogen-bond donors (Lipinski definition) is 0. The van der Waals surface area contributed by atoms with Crippen LogP contribution in [0.5, 0.6) is 0 Å². The molecule has 1 aromatic carbocycles. The van der Waals surface area contributed by atoms with Gasteiger partial charge in [0.25, 0.3) is 0 Å². The average molecular weight is 318 g/mol. The number of aryl methyl sites for hydroxylation is 1. The van der Waals surface area contributed by atoms with Crippen LogP contribution < -0.4 is 0 Å². The molecule has 0 aliphatic heterocycles. The molecule has 0 aliphatic carbocycles. The fourth-order valence-electron chi connectivity index (χ4n) is 2.20. The van der Waals surface area contributed by atoms with E-state index >= 15 is 0 Å². The summed E-state index contributed by atoms with van der Waals surface area (Å²) in [6, 6.07) is 8.78. The SMILES string of the molecule is CC.CCCC.CCCc1ccc(C(C)(CC)CC)cc1C#N. The summed E-state index contributed by atoms with van der Waals surface area (Å²) in [5, 5.41) is 9.23. The molecular formula is C22H39N. The van der Waals surface area contributed by atoms with E-state index in [-0.39, 0.29) is 5.41 Å². The molecule has 0 saturated heterocycles. The van der Waals surface area contributed by atoms with Crippen molar-refractivity contribution in [2.24, 2.45) is 0 Å². The highest BCUT2D eigenvalue weighted by Crippen LogP contribution is 2.32. The fourth-order valence-corrected chi connectivity index (χ4v) is 2.20. The van der Waals surface area contributed by atoms with Gasteiger partial charge in [-0.15, -0.1) is 0 Å². The standard InChI is InChI=1S/C16H23N.C4H10.C2H6/c1-5-8-13-9-10-15(11-14(13)12-17)16(4,6-2)7-3;1-3-4-2;1-2/h9-11H,5-8H2,1-4H3;3-4H2,1-2H3;1-2H3. The van der Waals surface area contributed by atoms with Gasteiger partial charge in [-0.05, 0) is 41.9 Å². The van der Waals surface area contributed by atoms with Crippen LogP contribution in [0.2, 0.25) is 0 Å². The number of hydrogen-bond acceptors (Lipinski definition) is 1. The predicted molar refractivity (Wildman–Crippen MR) is 105 cm³/mol. The molecule has 1 heteroatoms. The molecule has 0 atom stereocenters. The first kappa shape index (κ1) is 24.0. The molecule has 132 valence electrons. The van der Waals surface area contributed by atoms with Crippen LogP contribution in [0.25, 0.3) is 0 Å². The Kier molecular flexibility index (Phi) is 14.9. The van der Waals surface area contributed by atoms with Gasteiger partial charge in [-0.25, -0.2) is 0 Å². The minimum Gasteiger partial charge on any atom is -0.192 e. The molecule has 0 radical (unpaired) electrons. The summed E-state index contributed by atoms with van der Waals surface area (Å²) in [6.07, 6.45) is 6.95. The summed E-state index contributed by atoms with van der Waals surface area (Å²) >= 11 is 0. The Hall–Kier alpha value is -1.29. The van der Waals surface area contributed by atoms with Crippen LogP contribution in [0, 0.1) is 11.3 Å². The van der Waals surface area contributed by atoms with Crippen LogP contribution in [0.1, 0.15) is 104 Å². The average Bonchev–Trinajstić information content (AvgIpc) is 2.63. The zero-order chi connectivity index (χ0) is 18.3. The number of nitrogens with zero attached hydrogens (tertiary/aromatic N) is 1. The zero-order valence-corrected chi connectivity index (χ0v) is 16.9. The number of unbranched alkanes of at least 4 members (excludes halogenated alkanes) is 1. The van der Waals surface area contributed by atoms with Crippen molar-refractivity contribution in [1.29, 1.82) is 5.26 Å². The molecule has 0 spiro atoms. The second-order valence-corrected chi connectivity index (χ2v) is 6.00. The van der Waals surface area contributed by atoms with Crippen molar-refractivity contribution in [3.05, 3.63) is 34.9 Å². The summed E-state index contributed by atoms with van der Waals surface area (Å²) in [7, 11) is 0. The Morgan fingerprint density at radius 1 is 0.913 bits per heavy atom. The zero-order valence-electron chi connectivity index (χ0n) is 16.9. The quantitative estimate of drug-likeness (QED) is 0.535. The third-order valence-electron chi connectivity index (χ3n) is 4.51. The molecule has 0 heterocycles. The van der Waals surface area contributed by atoms with Gasteiger partial charge in [0.2, 0.25) is 0 Å². The molecule has 23 heavy (non-hydrogen) atoms. The van der Waals surface area contributed by atoms with Crippen LogP contribution >= 0.6 is 0 Å². The monoisotopic (exact) mass is 317 g/mol. The lowest BCUT2D eigenvalue weighted by Gasteiger charge is -2.27. The molecule has 0 saturated carbocycles. The molecular weight excluding hydrogens is 278 g/mol. The maximum Gasteiger partial charge on any atom is 0.0994 e. The van der Waals surface area contributed by atoms with E-state index in [1.54, 1.807) is 0 Å². The van der Waals surface area contributed by atoms with Gasteiger partial charge in [0.05, 0.1) is 11.6 Å². The highest BCUT2D eigenvalue weighted by molar-refractivity contribution is 5.43. The Morgan fingerprint density at radius 2 is 1.43 bits per heavy atom. The molecule has 0 aliphatic rings. The van der Waals surface area contributed by atoms with Gasteiger partial charge >= 0.3 is 0 Å². The highest BCUT2D eigenvalue weighted by atomic mass is 14.3. The van der Waals surface area contributed by atoms with Crippen molar-refractivity contribution in [3.63, 3.8) is 0 Å². The van der Waals surface area contributed by atoms with E-state index in [0.717, 1.165) is 31.2 Å². The highest BCUT2D eigenvalue weighted by Gasteiger charge is 2.22. The van der Waals surface area contributed by atoms with E-state index < -0.39 is 0 Å². The van der Waals surface area contributed by atoms with Gasteiger partial charge < -0.3 is 0 Å². The minimum atomic E-state index is 0.205. The van der Waals surface area contributed by atoms with Crippen LogP contribution in [-0.4, -0.2) is 0 Å². The van der Waals surface area contributed by atoms with E-state index in [0.29, 0.717) is 0 Å². The van der Waals surface area contributed by atoms with Gasteiger partial charge in [0.1, 0.15) is 0 Å². The first-order valence-electron chi connectivity index (χ1n) is 9.56. The number of benzene rings is 1. The Morgan fingerprint density at radius 3 is 1.78 bits per heavy atom. The molecule has 1 rings (SSSR count). The molecule has 0 unspecified atom stereocenters. The largest absolute Gasteiger partial charge is 0.192 e. The third-order valence-corrected chi connectivity index (χ3v) is 4.51. The van der Waals surface area contributed by atoms with Crippen LogP contribution in [-0.2, 0) is 11.8 Å². The summed E-state index contributed by atoms with van der Waals surface area (Å²) in [4.78, 5) is 0. The lowest BCUT2D eigenvalue weighted by atomic mass is 9.77. The maximum atomic E-state index is 9.23. The molecule has 0 amide bonds. The van der Waals surface area contributed by atoms with Gasteiger partial charge in [-0.1, -0.05) is 86.8 Å². The summed E-state index contributed by atoms with van der Waals surface area (Å²) in [5.74, 6) is 0. The first-order chi connectivity index (χ1) is 11.0. The van der Waals surface area contributed by atoms with Crippen molar-refractivity contribution in [3.8, 4) is 6.07 Å². The van der Waals surface area contributed by atoms with E-state index in [9.17, 15) is 5.26 Å². The van der Waals surface area contributed by atoms with E-state index in [1.807, 2.05) is 13.8 Å². The lowest BCUT2D eigenvalue weighted by molar-refractivity contribution is 0.438. The second kappa shape index (κ2) is 14.3. The minimum absolute atomic E-state index is 0.205. The van der Waals surface area contributed by atoms with Gasteiger partial charge in [0.15, 0.2) is 0 Å². The molecule has 0 N–H and O–H groups in total. The fraction of sp³-hybridized carbons (Fsp3) is 0.682. The number of rotatable bonds is 6. The van der Waals surface area contributed by atoms with Gasteiger partial charge in [-0.3, -0.25) is 0 Å². The Labute approximate surface area is 146 Å². The Bertz CT molecular complexity index is 434. The molecule has 0 bridgehead atoms. The van der Waals surface area contributed by atoms with Crippen molar-refractivity contribution in [1.82, 2.24) is 0 Å². The smallest absolute Gasteiger partial charge is 0.0994 e. The second-order valence-electron chi connectivity index (χ2n) is 6.00. The van der Waals surface area contributed by atoms with E-state index in [2.05, 4.69) is 65.8 Å². The predicted octanol–water partition coefficient (Wildman–Crippen LogP) is 7.42. The third kappa shape index (κ3) is 8.21. The lowest BCUT2D eigenvalue weighted by Crippen LogP contribution is -2.19. The van der Waals surface area contributed by atoms with E-state index in [4.69, 9.17) is 0 Å². The van der Waals surface area contributed by atoms with Gasteiger partial charge in [-0.2, -0.15) is 5.26 Å². The van der Waals surface area contributed by atoms with Crippen molar-refractivity contribution in [2.45, 2.75) is 99.3 Å². The first-order valence-corrected chi connectivity index (χ1v) is 9.56.